The molecule has 2 N–H and O–H groups in total. The van der Waals surface area contributed by atoms with Gasteiger partial charge in [-0.3, -0.25) is 0 Å². The number of sulfonamides is 1. The molecule has 2 aliphatic heterocycles. The molecule has 1 aromatic heterocycles. The molecule has 8 nitrogen and oxygen atoms in total. The number of fused-ring (bicyclic) bond motifs is 1. The molecule has 0 radical (unpaired) electrons. The van der Waals surface area contributed by atoms with Crippen molar-refractivity contribution in [2.24, 2.45) is 5.41 Å². The highest BCUT2D eigenvalue weighted by atomic mass is 32.2. The Hall–Kier alpha value is -1.97. The van der Waals surface area contributed by atoms with Crippen molar-refractivity contribution in [1.82, 2.24) is 14.3 Å². The van der Waals surface area contributed by atoms with Gasteiger partial charge in [-0.15, -0.1) is 0 Å². The predicted molar refractivity (Wildman–Crippen MR) is 116 cm³/mol. The van der Waals surface area contributed by atoms with Crippen molar-refractivity contribution in [1.29, 1.82) is 0 Å². The molecule has 0 amide bonds. The van der Waals surface area contributed by atoms with E-state index in [2.05, 4.69) is 21.8 Å². The maximum atomic E-state index is 11.7. The molecule has 0 unspecified atom stereocenters. The zero-order chi connectivity index (χ0) is 21.1. The summed E-state index contributed by atoms with van der Waals surface area (Å²) >= 11 is 0. The average Bonchev–Trinajstić information content (AvgIpc) is 3.44. The van der Waals surface area contributed by atoms with Crippen LogP contribution in [0.1, 0.15) is 44.1 Å². The van der Waals surface area contributed by atoms with Crippen LogP contribution in [-0.4, -0.2) is 65.3 Å². The molecule has 0 aromatic carbocycles. The monoisotopic (exact) mass is 431 g/mol. The van der Waals surface area contributed by atoms with Crippen LogP contribution in [0.3, 0.4) is 0 Å². The third kappa shape index (κ3) is 3.33. The van der Waals surface area contributed by atoms with Crippen molar-refractivity contribution >= 4 is 27.9 Å². The third-order valence-corrected chi connectivity index (χ3v) is 8.53. The minimum absolute atomic E-state index is 0.0254. The van der Waals surface area contributed by atoms with E-state index in [9.17, 15) is 13.5 Å². The summed E-state index contributed by atoms with van der Waals surface area (Å²) in [5.41, 5.74) is 1.83. The summed E-state index contributed by atoms with van der Waals surface area (Å²) in [4.78, 5) is 11.6. The molecule has 4 aliphatic rings. The Balaban J connectivity index is 1.36. The number of aromatic nitrogens is 2. The van der Waals surface area contributed by atoms with Crippen molar-refractivity contribution < 1.29 is 13.5 Å². The topological polar surface area (TPSA) is 98.7 Å². The van der Waals surface area contributed by atoms with Crippen molar-refractivity contribution in [2.75, 3.05) is 29.6 Å². The summed E-state index contributed by atoms with van der Waals surface area (Å²) in [6, 6.07) is 0.351. The van der Waals surface area contributed by atoms with Gasteiger partial charge in [0.1, 0.15) is 5.82 Å². The third-order valence-electron chi connectivity index (χ3n) is 7.22. The van der Waals surface area contributed by atoms with Crippen LogP contribution in [0, 0.1) is 5.41 Å². The number of piperidine rings is 1. The first kappa shape index (κ1) is 20.0. The van der Waals surface area contributed by atoms with Crippen LogP contribution in [-0.2, 0) is 10.0 Å². The number of hydrogen-bond donors (Lipinski definition) is 2. The molecule has 1 spiro atoms. The van der Waals surface area contributed by atoms with E-state index in [1.165, 1.54) is 10.6 Å². The Labute approximate surface area is 177 Å². The fourth-order valence-corrected chi connectivity index (χ4v) is 6.21. The highest BCUT2D eigenvalue weighted by molar-refractivity contribution is 7.88. The molecular weight excluding hydrogens is 402 g/mol. The van der Waals surface area contributed by atoms with E-state index in [0.29, 0.717) is 19.0 Å². The first-order chi connectivity index (χ1) is 14.3. The van der Waals surface area contributed by atoms with Crippen LogP contribution in [0.2, 0.25) is 0 Å². The molecule has 2 atom stereocenters. The van der Waals surface area contributed by atoms with Gasteiger partial charge in [-0.2, -0.15) is 4.98 Å². The zero-order valence-electron chi connectivity index (χ0n) is 17.3. The molecule has 1 aromatic rings. The van der Waals surface area contributed by atoms with Crippen LogP contribution >= 0.6 is 0 Å². The molecule has 9 heteroatoms. The Bertz CT molecular complexity index is 996. The summed E-state index contributed by atoms with van der Waals surface area (Å²) < 4.78 is 25.0. The van der Waals surface area contributed by atoms with Crippen molar-refractivity contribution in [3.05, 3.63) is 30.1 Å². The van der Waals surface area contributed by atoms with E-state index in [-0.39, 0.29) is 23.6 Å². The fraction of sp³-hybridized carbons (Fsp3) is 0.619. The first-order valence-corrected chi connectivity index (χ1v) is 12.6. The van der Waals surface area contributed by atoms with Gasteiger partial charge in [0.2, 0.25) is 16.0 Å². The fourth-order valence-electron chi connectivity index (χ4n) is 5.34. The Morgan fingerprint density at radius 2 is 1.93 bits per heavy atom. The summed E-state index contributed by atoms with van der Waals surface area (Å²) in [6.07, 6.45) is 12.1. The average molecular weight is 432 g/mol. The highest BCUT2D eigenvalue weighted by Crippen LogP contribution is 2.60. The second kappa shape index (κ2) is 7.03. The minimum Gasteiger partial charge on any atom is -0.392 e. The molecule has 1 saturated heterocycles. The lowest BCUT2D eigenvalue weighted by atomic mass is 9.95. The first-order valence-electron chi connectivity index (χ1n) is 10.7. The van der Waals surface area contributed by atoms with Gasteiger partial charge in [0.05, 0.1) is 12.4 Å². The van der Waals surface area contributed by atoms with Crippen molar-refractivity contribution in [3.8, 4) is 0 Å². The highest BCUT2D eigenvalue weighted by Gasteiger charge is 2.60. The summed E-state index contributed by atoms with van der Waals surface area (Å²) in [7, 11) is -3.14. The number of allylic oxidation sites excluding steroid dienone is 1. The lowest BCUT2D eigenvalue weighted by molar-refractivity contribution is 0.113. The van der Waals surface area contributed by atoms with Gasteiger partial charge < -0.3 is 15.3 Å². The van der Waals surface area contributed by atoms with E-state index in [1.807, 2.05) is 18.3 Å². The summed E-state index contributed by atoms with van der Waals surface area (Å²) in [5, 5.41) is 13.9. The Morgan fingerprint density at radius 1 is 1.20 bits per heavy atom. The lowest BCUT2D eigenvalue weighted by Gasteiger charge is -2.38. The van der Waals surface area contributed by atoms with Gasteiger partial charge in [-0.25, -0.2) is 17.7 Å². The molecule has 162 valence electrons. The molecule has 3 fully saturated rings. The number of nitrogens with zero attached hydrogens (tertiary/aromatic N) is 4. The van der Waals surface area contributed by atoms with Crippen LogP contribution in [0.4, 0.5) is 11.8 Å². The van der Waals surface area contributed by atoms with Gasteiger partial charge in [-0.05, 0) is 50.7 Å². The largest absolute Gasteiger partial charge is 0.392 e. The van der Waals surface area contributed by atoms with Gasteiger partial charge in [0.15, 0.2) is 0 Å². The standard InChI is InChI=1S/C21H29N5O3S/c1-14-3-4-15-13-22-20(23-16-7-11-25(12-8-16)30(2,28)29)24-19(15)26(14)17-5-6-18(27)21(17)9-10-21/h3-4,13,16-18,27H,1,5-12H2,2H3,(H,22,23,24)/t17-,18-/m0/s1. The molecule has 30 heavy (non-hydrogen) atoms. The lowest BCUT2D eigenvalue weighted by Crippen LogP contribution is -2.43. The molecule has 2 aliphatic carbocycles. The Kier molecular flexibility index (Phi) is 4.68. The summed E-state index contributed by atoms with van der Waals surface area (Å²) in [6.45, 7) is 5.27. The molecule has 5 rings (SSSR count). The maximum Gasteiger partial charge on any atom is 0.224 e. The number of hydrogen-bond acceptors (Lipinski definition) is 7. The van der Waals surface area contributed by atoms with E-state index in [1.54, 1.807) is 0 Å². The SMILES string of the molecule is C=C1C=Cc2cnc(NC3CCN(S(C)(=O)=O)CC3)nc2N1[C@H]1CC[C@H](O)C12CC2. The zero-order valence-corrected chi connectivity index (χ0v) is 18.1. The van der Waals surface area contributed by atoms with Crippen LogP contribution in [0.25, 0.3) is 6.08 Å². The maximum absolute atomic E-state index is 11.7. The number of rotatable bonds is 4. The van der Waals surface area contributed by atoms with E-state index < -0.39 is 10.0 Å². The van der Waals surface area contributed by atoms with E-state index in [0.717, 1.165) is 55.6 Å². The number of anilines is 2. The van der Waals surface area contributed by atoms with E-state index in [4.69, 9.17) is 4.98 Å². The normalized spacial score (nSPS) is 28.7. The van der Waals surface area contributed by atoms with Gasteiger partial charge in [0, 0.05) is 48.0 Å². The van der Waals surface area contributed by atoms with Crippen LogP contribution in [0.5, 0.6) is 0 Å². The van der Waals surface area contributed by atoms with Crippen LogP contribution in [0.15, 0.2) is 24.5 Å². The number of nitrogens with one attached hydrogen (secondary N) is 1. The molecule has 0 bridgehead atoms. The number of aliphatic hydroxyl groups excluding tert-OH is 1. The smallest absolute Gasteiger partial charge is 0.224 e. The number of aliphatic hydroxyl groups is 1. The van der Waals surface area contributed by atoms with Gasteiger partial charge >= 0.3 is 0 Å². The van der Waals surface area contributed by atoms with Crippen molar-refractivity contribution in [2.45, 2.75) is 56.7 Å². The second-order valence-corrected chi connectivity index (χ2v) is 11.1. The molecule has 2 saturated carbocycles. The Morgan fingerprint density at radius 3 is 2.60 bits per heavy atom. The van der Waals surface area contributed by atoms with Crippen LogP contribution < -0.4 is 10.2 Å². The summed E-state index contributed by atoms with van der Waals surface area (Å²) in [5.74, 6) is 1.40. The van der Waals surface area contributed by atoms with Gasteiger partial charge in [-0.1, -0.05) is 6.58 Å². The van der Waals surface area contributed by atoms with E-state index >= 15 is 0 Å². The second-order valence-electron chi connectivity index (χ2n) is 9.09. The quantitative estimate of drug-likeness (QED) is 0.752. The van der Waals surface area contributed by atoms with Gasteiger partial charge in [0.25, 0.3) is 0 Å². The molecule has 3 heterocycles. The van der Waals surface area contributed by atoms with Crippen molar-refractivity contribution in [3.63, 3.8) is 0 Å². The predicted octanol–water partition coefficient (Wildman–Crippen LogP) is 1.96. The minimum atomic E-state index is -3.14. The molecular formula is C21H29N5O3S.